The first-order valence-corrected chi connectivity index (χ1v) is 30.0. The molecule has 9 fully saturated rings. The molecular formula is C56H88O30. The highest BCUT2D eigenvalue weighted by atomic mass is 16.8. The zero-order valence-electron chi connectivity index (χ0n) is 47.3. The van der Waals surface area contributed by atoms with E-state index in [-0.39, 0.29) is 56.8 Å². The van der Waals surface area contributed by atoms with E-state index >= 15 is 0 Å². The van der Waals surface area contributed by atoms with Gasteiger partial charge in [0.1, 0.15) is 92.1 Å². The maximum atomic E-state index is 13.4. The quantitative estimate of drug-likeness (QED) is 0.0448. The van der Waals surface area contributed by atoms with E-state index < -0.39 is 228 Å². The Morgan fingerprint density at radius 1 is 0.442 bits per heavy atom. The number of fused-ring (bicyclic) bond motifs is 1. The number of aliphatic hydroxyl groups excluding tert-OH is 17. The number of rotatable bonds is 18. The van der Waals surface area contributed by atoms with Crippen LogP contribution >= 0.6 is 0 Å². The predicted octanol–water partition coefficient (Wildman–Crippen LogP) is -6.62. The van der Waals surface area contributed by atoms with Gasteiger partial charge in [0.15, 0.2) is 31.3 Å². The molecular weight excluding hydrogens is 1150 g/mol. The summed E-state index contributed by atoms with van der Waals surface area (Å²) in [4.78, 5) is 26.8. The van der Waals surface area contributed by atoms with E-state index in [0.717, 1.165) is 6.08 Å². The first-order valence-electron chi connectivity index (χ1n) is 30.0. The predicted molar refractivity (Wildman–Crippen MR) is 281 cm³/mol. The van der Waals surface area contributed by atoms with Gasteiger partial charge in [0.2, 0.25) is 0 Å². The van der Waals surface area contributed by atoms with E-state index in [2.05, 4.69) is 0 Å². The van der Waals surface area contributed by atoms with Gasteiger partial charge in [0, 0.05) is 24.5 Å². The van der Waals surface area contributed by atoms with E-state index in [1.165, 1.54) is 12.2 Å². The van der Waals surface area contributed by atoms with Crippen molar-refractivity contribution in [2.24, 2.45) is 23.7 Å². The van der Waals surface area contributed by atoms with Gasteiger partial charge in [-0.05, 0) is 94.8 Å². The maximum Gasteiger partial charge on any atom is 0.330 e. The van der Waals surface area contributed by atoms with Crippen molar-refractivity contribution in [3.05, 3.63) is 24.3 Å². The highest BCUT2D eigenvalue weighted by Gasteiger charge is 2.56. The van der Waals surface area contributed by atoms with Crippen molar-refractivity contribution in [1.82, 2.24) is 0 Å². The summed E-state index contributed by atoms with van der Waals surface area (Å²) in [5.74, 6) is -3.68. The second kappa shape index (κ2) is 30.2. The maximum absolute atomic E-state index is 13.4. The van der Waals surface area contributed by atoms with Crippen LogP contribution in [0.25, 0.3) is 0 Å². The van der Waals surface area contributed by atoms with E-state index in [4.69, 9.17) is 52.1 Å². The molecule has 86 heavy (non-hydrogen) atoms. The molecule has 0 aromatic carbocycles. The summed E-state index contributed by atoms with van der Waals surface area (Å²) in [6.07, 6.45) is -33.0. The molecule has 492 valence electrons. The lowest BCUT2D eigenvalue weighted by molar-refractivity contribution is -0.373. The molecule has 0 bridgehead atoms. The molecule has 30 heteroatoms. The van der Waals surface area contributed by atoms with E-state index in [9.17, 15) is 96.4 Å². The number of hydrogen-bond donors (Lipinski definition) is 17. The standard InChI is InChI=1S/C56H88O30/c57-18-36-42(68)45(71)48(74)53(82-36)78-26-7-1-22(2-8-26)4-11-39(65)76-21-38-44(70)47(73)52(86-55-51(41(67)32(64)20-77-55)85-40(66)12-5-23-3-9-28(60)30(62)13-23)56(84-38)81-35-17-27-33(79-50(35)24-6-10-29(61)31(63)14-24)15-25(59)16-34(27)80-54-49(75)46(72)43(69)37(19-58)83-54/h4-5,11-12,22-38,41-64,67-75H,1-3,6-10,13-21H2. The van der Waals surface area contributed by atoms with Crippen LogP contribution in [0.2, 0.25) is 0 Å². The Bertz CT molecular complexity index is 2200. The average molecular weight is 1240 g/mol. The van der Waals surface area contributed by atoms with Crippen LogP contribution in [0.3, 0.4) is 0 Å². The molecule has 0 aromatic heterocycles. The fourth-order valence-corrected chi connectivity index (χ4v) is 13.5. The van der Waals surface area contributed by atoms with Gasteiger partial charge in [0.05, 0.1) is 80.9 Å². The number of carbonyl (C=O) groups excluding carboxylic acids is 2. The van der Waals surface area contributed by atoms with Crippen molar-refractivity contribution in [2.45, 2.75) is 261 Å². The molecule has 31 atom stereocenters. The van der Waals surface area contributed by atoms with Gasteiger partial charge < -0.3 is 139 Å². The van der Waals surface area contributed by atoms with Gasteiger partial charge in [-0.25, -0.2) is 9.59 Å². The third-order valence-corrected chi connectivity index (χ3v) is 18.7. The zero-order chi connectivity index (χ0) is 61.8. The zero-order valence-corrected chi connectivity index (χ0v) is 47.3. The summed E-state index contributed by atoms with van der Waals surface area (Å²) < 4.78 is 66.6. The smallest absolute Gasteiger partial charge is 0.330 e. The lowest BCUT2D eigenvalue weighted by Gasteiger charge is -2.53. The minimum atomic E-state index is -2.03. The summed E-state index contributed by atoms with van der Waals surface area (Å²) in [5.41, 5.74) is 0. The molecule has 0 radical (unpaired) electrons. The molecule has 5 heterocycles. The van der Waals surface area contributed by atoms with Gasteiger partial charge >= 0.3 is 11.9 Å². The van der Waals surface area contributed by atoms with Crippen molar-refractivity contribution in [3.8, 4) is 0 Å². The number of esters is 2. The molecule has 31 unspecified atom stereocenters. The minimum Gasteiger partial charge on any atom is -0.460 e. The van der Waals surface area contributed by atoms with Crippen LogP contribution in [0.15, 0.2) is 24.3 Å². The van der Waals surface area contributed by atoms with Crippen LogP contribution in [-0.4, -0.2) is 303 Å². The topological polar surface area (TPSA) is 480 Å². The van der Waals surface area contributed by atoms with E-state index in [1.54, 1.807) is 6.08 Å². The Balaban J connectivity index is 0.935. The van der Waals surface area contributed by atoms with Crippen LogP contribution in [0.5, 0.6) is 0 Å². The monoisotopic (exact) mass is 1240 g/mol. The van der Waals surface area contributed by atoms with Crippen molar-refractivity contribution in [1.29, 1.82) is 0 Å². The molecule has 17 N–H and O–H groups in total. The molecule has 0 amide bonds. The lowest BCUT2D eigenvalue weighted by atomic mass is 9.72. The number of aliphatic hydroxyl groups is 17. The van der Waals surface area contributed by atoms with Gasteiger partial charge in [-0.3, -0.25) is 0 Å². The first kappa shape index (κ1) is 67.8. The molecule has 4 aliphatic carbocycles. The Morgan fingerprint density at radius 2 is 1.01 bits per heavy atom. The van der Waals surface area contributed by atoms with Crippen LogP contribution in [0.1, 0.15) is 83.5 Å². The fourth-order valence-electron chi connectivity index (χ4n) is 13.5. The molecule has 9 aliphatic rings. The average Bonchev–Trinajstić information content (AvgIpc) is 1.38. The highest BCUT2D eigenvalue weighted by Crippen LogP contribution is 2.46. The lowest BCUT2D eigenvalue weighted by Crippen LogP contribution is -2.65. The second-order valence-electron chi connectivity index (χ2n) is 24.6. The summed E-state index contributed by atoms with van der Waals surface area (Å²) >= 11 is 0. The first-order chi connectivity index (χ1) is 41.0. The second-order valence-corrected chi connectivity index (χ2v) is 24.6. The van der Waals surface area contributed by atoms with Crippen molar-refractivity contribution < 1.29 is 149 Å². The number of carbonyl (C=O) groups is 2. The Hall–Kier alpha value is -2.62. The van der Waals surface area contributed by atoms with Crippen molar-refractivity contribution in [2.75, 3.05) is 26.4 Å². The van der Waals surface area contributed by atoms with Crippen LogP contribution < -0.4 is 0 Å². The molecule has 4 saturated carbocycles. The Kier molecular flexibility index (Phi) is 23.8. The summed E-state index contributed by atoms with van der Waals surface area (Å²) in [5, 5.41) is 181. The minimum absolute atomic E-state index is 0.00753. The Labute approximate surface area is 494 Å². The van der Waals surface area contributed by atoms with Crippen LogP contribution in [0.4, 0.5) is 0 Å². The van der Waals surface area contributed by atoms with E-state index in [1.807, 2.05) is 0 Å². The highest BCUT2D eigenvalue weighted by molar-refractivity contribution is 5.82. The van der Waals surface area contributed by atoms with Gasteiger partial charge in [-0.2, -0.15) is 0 Å². The molecule has 5 aliphatic heterocycles. The summed E-state index contributed by atoms with van der Waals surface area (Å²) in [6.45, 7) is -2.65. The van der Waals surface area contributed by atoms with Crippen LogP contribution in [0, 0.1) is 23.7 Å². The van der Waals surface area contributed by atoms with Gasteiger partial charge in [-0.1, -0.05) is 12.2 Å². The third kappa shape index (κ3) is 16.0. The largest absolute Gasteiger partial charge is 0.460 e. The summed E-state index contributed by atoms with van der Waals surface area (Å²) in [6, 6.07) is 0. The summed E-state index contributed by atoms with van der Waals surface area (Å²) in [7, 11) is 0. The van der Waals surface area contributed by atoms with Crippen molar-refractivity contribution >= 4 is 11.9 Å². The molecule has 30 nitrogen and oxygen atoms in total. The third-order valence-electron chi connectivity index (χ3n) is 18.7. The van der Waals surface area contributed by atoms with Gasteiger partial charge in [0.25, 0.3) is 0 Å². The van der Waals surface area contributed by atoms with Crippen molar-refractivity contribution in [3.63, 3.8) is 0 Å². The number of ether oxygens (including phenoxy) is 11. The molecule has 0 aromatic rings. The normalized spacial score (nSPS) is 49.7. The fraction of sp³-hybridized carbons (Fsp3) is 0.893. The molecule has 5 saturated heterocycles. The molecule has 9 rings (SSSR count). The molecule has 0 spiro atoms. The number of hydrogen-bond acceptors (Lipinski definition) is 30. The van der Waals surface area contributed by atoms with Crippen LogP contribution in [-0.2, 0) is 61.7 Å². The SMILES string of the molecule is O=C(C=CC1CCC(OC2OC(CO)C(O)C(O)C2O)CC1)OCC1OC(OC2CC3C(OC4OC(CO)C(O)C(O)C4O)CC(O)CC3OC2C2CCC(O)C(O)C2)C(OC2OCC(O)C(O)C2OC(=O)C=CC2CCC(O)C(O)C2)C(O)C1O. The van der Waals surface area contributed by atoms with Gasteiger partial charge in [-0.15, -0.1) is 0 Å². The Morgan fingerprint density at radius 3 is 1.65 bits per heavy atom. The van der Waals surface area contributed by atoms with E-state index in [0.29, 0.717) is 38.5 Å². The number of allylic oxidation sites excluding steroid dienone is 2.